The molecule has 1 aromatic carbocycles. The van der Waals surface area contributed by atoms with Gasteiger partial charge in [0.1, 0.15) is 5.82 Å². The molecule has 0 bridgehead atoms. The van der Waals surface area contributed by atoms with Crippen molar-refractivity contribution in [3.63, 3.8) is 0 Å². The highest BCUT2D eigenvalue weighted by molar-refractivity contribution is 6.06. The largest absolute Gasteiger partial charge is 0.350 e. The molecule has 104 valence electrons. The van der Waals surface area contributed by atoms with E-state index in [4.69, 9.17) is 0 Å². The maximum Gasteiger partial charge on any atom is 0.328 e. The van der Waals surface area contributed by atoms with Gasteiger partial charge in [0.2, 0.25) is 5.91 Å². The normalized spacial score (nSPS) is 15.8. The highest BCUT2D eigenvalue weighted by Crippen LogP contribution is 2.29. The number of anilines is 1. The lowest BCUT2D eigenvalue weighted by Crippen LogP contribution is -2.49. The lowest BCUT2D eigenvalue weighted by atomic mass is 10.1. The number of halogens is 1. The number of rotatable bonds is 1. The first-order valence-electron chi connectivity index (χ1n) is 6.34. The SMILES string of the molecule is Cc1cn(C)c2cc(F)c(N3CCC(=O)NC3=O)cc12. The Morgan fingerprint density at radius 3 is 2.75 bits per heavy atom. The molecular formula is C14H14FN3O2. The van der Waals surface area contributed by atoms with Crippen molar-refractivity contribution >= 4 is 28.5 Å². The summed E-state index contributed by atoms with van der Waals surface area (Å²) >= 11 is 0. The van der Waals surface area contributed by atoms with Gasteiger partial charge >= 0.3 is 6.03 Å². The number of urea groups is 1. The average molecular weight is 275 g/mol. The van der Waals surface area contributed by atoms with Crippen molar-refractivity contribution in [3.8, 4) is 0 Å². The van der Waals surface area contributed by atoms with Crippen molar-refractivity contribution < 1.29 is 14.0 Å². The molecule has 0 saturated carbocycles. The molecule has 5 nitrogen and oxygen atoms in total. The van der Waals surface area contributed by atoms with Crippen molar-refractivity contribution in [2.75, 3.05) is 11.4 Å². The number of carbonyl (C=O) groups is 2. The zero-order valence-corrected chi connectivity index (χ0v) is 11.2. The van der Waals surface area contributed by atoms with Crippen LogP contribution in [0.5, 0.6) is 0 Å². The van der Waals surface area contributed by atoms with E-state index in [9.17, 15) is 14.0 Å². The third-order valence-electron chi connectivity index (χ3n) is 3.60. The van der Waals surface area contributed by atoms with E-state index in [-0.39, 0.29) is 24.6 Å². The van der Waals surface area contributed by atoms with Crippen LogP contribution in [0.3, 0.4) is 0 Å². The Balaban J connectivity index is 2.12. The van der Waals surface area contributed by atoms with Crippen molar-refractivity contribution in [2.24, 2.45) is 7.05 Å². The van der Waals surface area contributed by atoms with E-state index in [1.165, 1.54) is 11.0 Å². The number of aryl methyl sites for hydroxylation is 2. The van der Waals surface area contributed by atoms with E-state index in [1.54, 1.807) is 6.07 Å². The number of hydrogen-bond acceptors (Lipinski definition) is 2. The van der Waals surface area contributed by atoms with Gasteiger partial charge in [-0.15, -0.1) is 0 Å². The summed E-state index contributed by atoms with van der Waals surface area (Å²) in [6, 6.07) is 2.50. The molecule has 2 heterocycles. The molecular weight excluding hydrogens is 261 g/mol. The van der Waals surface area contributed by atoms with E-state index < -0.39 is 11.8 Å². The molecule has 1 aromatic heterocycles. The second-order valence-electron chi connectivity index (χ2n) is 5.00. The molecule has 3 amide bonds. The van der Waals surface area contributed by atoms with Gasteiger partial charge in [-0.2, -0.15) is 0 Å². The van der Waals surface area contributed by atoms with Crippen LogP contribution in [0.25, 0.3) is 10.9 Å². The number of nitrogens with zero attached hydrogens (tertiary/aromatic N) is 2. The van der Waals surface area contributed by atoms with Gasteiger partial charge in [0.05, 0.1) is 11.2 Å². The standard InChI is InChI=1S/C14H14FN3O2/c1-8-7-17(2)11-6-10(15)12(5-9(8)11)18-4-3-13(19)16-14(18)20/h5-7H,3-4H2,1-2H3,(H,16,19,20). The average Bonchev–Trinajstić information content (AvgIpc) is 2.64. The first kappa shape index (κ1) is 12.7. The molecule has 1 aliphatic heterocycles. The first-order valence-corrected chi connectivity index (χ1v) is 6.34. The Morgan fingerprint density at radius 2 is 2.05 bits per heavy atom. The van der Waals surface area contributed by atoms with Gasteiger partial charge in [0.25, 0.3) is 0 Å². The van der Waals surface area contributed by atoms with Crippen LogP contribution in [0, 0.1) is 12.7 Å². The van der Waals surface area contributed by atoms with Gasteiger partial charge in [0, 0.05) is 37.7 Å². The fourth-order valence-corrected chi connectivity index (χ4v) is 2.59. The van der Waals surface area contributed by atoms with E-state index in [0.29, 0.717) is 0 Å². The topological polar surface area (TPSA) is 54.3 Å². The van der Waals surface area contributed by atoms with Crippen molar-refractivity contribution in [1.29, 1.82) is 0 Å². The zero-order chi connectivity index (χ0) is 14.4. The number of hydrogen-bond donors (Lipinski definition) is 1. The maximum absolute atomic E-state index is 14.2. The fourth-order valence-electron chi connectivity index (χ4n) is 2.59. The van der Waals surface area contributed by atoms with Gasteiger partial charge in [-0.05, 0) is 18.6 Å². The smallest absolute Gasteiger partial charge is 0.328 e. The second-order valence-corrected chi connectivity index (χ2v) is 5.00. The second kappa shape index (κ2) is 4.33. The predicted octanol–water partition coefficient (Wildman–Crippen LogP) is 2.07. The molecule has 2 aromatic rings. The highest BCUT2D eigenvalue weighted by atomic mass is 19.1. The highest BCUT2D eigenvalue weighted by Gasteiger charge is 2.26. The monoisotopic (exact) mass is 275 g/mol. The van der Waals surface area contributed by atoms with Crippen LogP contribution < -0.4 is 10.2 Å². The van der Waals surface area contributed by atoms with Crippen LogP contribution in [0.2, 0.25) is 0 Å². The Labute approximate surface area is 115 Å². The quantitative estimate of drug-likeness (QED) is 0.866. The van der Waals surface area contributed by atoms with Gasteiger partial charge in [-0.1, -0.05) is 0 Å². The maximum atomic E-state index is 14.2. The number of amides is 3. The van der Waals surface area contributed by atoms with Crippen molar-refractivity contribution in [2.45, 2.75) is 13.3 Å². The van der Waals surface area contributed by atoms with Gasteiger partial charge in [-0.3, -0.25) is 15.0 Å². The lowest BCUT2D eigenvalue weighted by Gasteiger charge is -2.27. The first-order chi connectivity index (χ1) is 9.47. The van der Waals surface area contributed by atoms with E-state index in [0.717, 1.165) is 16.5 Å². The van der Waals surface area contributed by atoms with Crippen molar-refractivity contribution in [3.05, 3.63) is 29.7 Å². The molecule has 0 aliphatic carbocycles. The number of benzene rings is 1. The molecule has 0 atom stereocenters. The summed E-state index contributed by atoms with van der Waals surface area (Å²) in [5.41, 5.74) is 1.99. The van der Waals surface area contributed by atoms with Crippen LogP contribution in [-0.4, -0.2) is 23.1 Å². The van der Waals surface area contributed by atoms with Gasteiger partial charge in [-0.25, -0.2) is 9.18 Å². The minimum atomic E-state index is -0.576. The third-order valence-corrected chi connectivity index (χ3v) is 3.60. The summed E-state index contributed by atoms with van der Waals surface area (Å²) in [6.45, 7) is 2.13. The molecule has 0 unspecified atom stereocenters. The van der Waals surface area contributed by atoms with Gasteiger partial charge < -0.3 is 4.57 Å². The summed E-state index contributed by atoms with van der Waals surface area (Å²) in [5.74, 6) is -0.799. The zero-order valence-electron chi connectivity index (χ0n) is 11.2. The number of nitrogens with one attached hydrogen (secondary N) is 1. The Bertz CT molecular complexity index is 736. The molecule has 1 aliphatic rings. The predicted molar refractivity (Wildman–Crippen MR) is 73.1 cm³/mol. The number of carbonyl (C=O) groups excluding carboxylic acids is 2. The molecule has 20 heavy (non-hydrogen) atoms. The third kappa shape index (κ3) is 1.84. The summed E-state index contributed by atoms with van der Waals surface area (Å²) in [7, 11) is 1.85. The van der Waals surface area contributed by atoms with E-state index in [1.807, 2.05) is 24.7 Å². The molecule has 6 heteroatoms. The Morgan fingerprint density at radius 1 is 1.30 bits per heavy atom. The summed E-state index contributed by atoms with van der Waals surface area (Å²) < 4.78 is 16.1. The van der Waals surface area contributed by atoms with Crippen LogP contribution in [-0.2, 0) is 11.8 Å². The number of fused-ring (bicyclic) bond motifs is 1. The van der Waals surface area contributed by atoms with Crippen LogP contribution in [0.15, 0.2) is 18.3 Å². The Hall–Kier alpha value is -2.37. The number of imide groups is 1. The van der Waals surface area contributed by atoms with Gasteiger partial charge in [0.15, 0.2) is 0 Å². The minimum Gasteiger partial charge on any atom is -0.350 e. The van der Waals surface area contributed by atoms with Crippen molar-refractivity contribution in [1.82, 2.24) is 9.88 Å². The lowest BCUT2D eigenvalue weighted by molar-refractivity contribution is -0.120. The molecule has 0 spiro atoms. The summed E-state index contributed by atoms with van der Waals surface area (Å²) in [6.07, 6.45) is 2.09. The van der Waals surface area contributed by atoms with E-state index >= 15 is 0 Å². The summed E-state index contributed by atoms with van der Waals surface area (Å²) in [5, 5.41) is 3.10. The molecule has 3 rings (SSSR count). The van der Waals surface area contributed by atoms with Crippen LogP contribution >= 0.6 is 0 Å². The molecule has 0 radical (unpaired) electrons. The molecule has 1 fully saturated rings. The van der Waals surface area contributed by atoms with E-state index in [2.05, 4.69) is 5.32 Å². The summed E-state index contributed by atoms with van der Waals surface area (Å²) in [4.78, 5) is 24.2. The van der Waals surface area contributed by atoms with Crippen LogP contribution in [0.4, 0.5) is 14.9 Å². The fraction of sp³-hybridized carbons (Fsp3) is 0.286. The molecule has 1 saturated heterocycles. The van der Waals surface area contributed by atoms with Crippen LogP contribution in [0.1, 0.15) is 12.0 Å². The number of aromatic nitrogens is 1. The minimum absolute atomic E-state index is 0.178. The Kier molecular flexibility index (Phi) is 2.74. The molecule has 1 N–H and O–H groups in total.